The number of fused-ring (bicyclic) bond motifs is 4. The minimum absolute atomic E-state index is 0.00409. The maximum Gasteiger partial charge on any atom is 0.324 e. The molecule has 8 nitrogen and oxygen atoms in total. The quantitative estimate of drug-likeness (QED) is 0.658. The van der Waals surface area contributed by atoms with Crippen LogP contribution in [0.2, 0.25) is 0 Å². The van der Waals surface area contributed by atoms with Crippen LogP contribution in [0.1, 0.15) is 36.4 Å². The maximum atomic E-state index is 13.4. The molecular weight excluding hydrogens is 439 g/mol. The maximum absolute atomic E-state index is 13.4. The minimum atomic E-state index is -0.729. The van der Waals surface area contributed by atoms with Gasteiger partial charge in [-0.25, -0.2) is 9.18 Å². The van der Waals surface area contributed by atoms with Gasteiger partial charge in [0.2, 0.25) is 5.91 Å². The fourth-order valence-electron chi connectivity index (χ4n) is 5.44. The first-order valence-electron chi connectivity index (χ1n) is 11.7. The second kappa shape index (κ2) is 9.04. The molecule has 2 aromatic rings. The summed E-state index contributed by atoms with van der Waals surface area (Å²) >= 11 is 0. The van der Waals surface area contributed by atoms with Crippen molar-refractivity contribution < 1.29 is 18.8 Å². The Kier molecular flexibility index (Phi) is 5.93. The number of nitrogens with one attached hydrogen (secondary N) is 1. The monoisotopic (exact) mass is 466 g/mol. The third kappa shape index (κ3) is 4.34. The van der Waals surface area contributed by atoms with E-state index in [0.29, 0.717) is 31.6 Å². The zero-order valence-corrected chi connectivity index (χ0v) is 18.8. The Bertz CT molecular complexity index is 1200. The Morgan fingerprint density at radius 3 is 2.71 bits per heavy atom. The van der Waals surface area contributed by atoms with Gasteiger partial charge in [0, 0.05) is 50.3 Å². The lowest BCUT2D eigenvalue weighted by Crippen LogP contribution is -2.49. The van der Waals surface area contributed by atoms with Gasteiger partial charge in [-0.3, -0.25) is 19.3 Å². The molecule has 0 radical (unpaired) electrons. The molecule has 1 aromatic carbocycles. The molecule has 4 heterocycles. The summed E-state index contributed by atoms with van der Waals surface area (Å²) in [5.41, 5.74) is 1.69. The summed E-state index contributed by atoms with van der Waals surface area (Å²) in [6, 6.07) is 10.2. The number of carbonyl (C=O) groups is 3. The van der Waals surface area contributed by atoms with Crippen molar-refractivity contribution in [3.8, 4) is 0 Å². The summed E-state index contributed by atoms with van der Waals surface area (Å²) in [5.74, 6) is -0.374. The summed E-state index contributed by atoms with van der Waals surface area (Å²) in [4.78, 5) is 53.2. The van der Waals surface area contributed by atoms with Crippen LogP contribution in [0.4, 0.5) is 9.18 Å². The molecule has 2 saturated heterocycles. The lowest BCUT2D eigenvalue weighted by Gasteiger charge is -2.42. The molecule has 2 bridgehead atoms. The Balaban J connectivity index is 1.16. The zero-order valence-electron chi connectivity index (χ0n) is 18.8. The number of nitrogens with zero attached hydrogens (tertiary/aromatic N) is 3. The first-order valence-corrected chi connectivity index (χ1v) is 11.7. The highest BCUT2D eigenvalue weighted by Crippen LogP contribution is 2.35. The van der Waals surface area contributed by atoms with Crippen LogP contribution in [0.3, 0.4) is 0 Å². The Hall–Kier alpha value is -3.49. The molecule has 34 heavy (non-hydrogen) atoms. The van der Waals surface area contributed by atoms with Gasteiger partial charge in [-0.05, 0) is 48.9 Å². The van der Waals surface area contributed by atoms with E-state index in [2.05, 4.69) is 5.32 Å². The fraction of sp³-hybridized carbons (Fsp3) is 0.440. The van der Waals surface area contributed by atoms with Crippen molar-refractivity contribution in [2.24, 2.45) is 5.92 Å². The third-order valence-corrected chi connectivity index (χ3v) is 7.10. The van der Waals surface area contributed by atoms with E-state index in [4.69, 9.17) is 0 Å². The van der Waals surface area contributed by atoms with Crippen LogP contribution in [0.15, 0.2) is 47.3 Å². The number of hydrogen-bond donors (Lipinski definition) is 1. The van der Waals surface area contributed by atoms with Crippen molar-refractivity contribution >= 4 is 17.8 Å². The summed E-state index contributed by atoms with van der Waals surface area (Å²) in [6.45, 7) is 1.93. The highest BCUT2D eigenvalue weighted by Gasteiger charge is 2.39. The molecule has 1 aromatic heterocycles. The van der Waals surface area contributed by atoms with Crippen LogP contribution in [-0.4, -0.2) is 57.9 Å². The molecule has 178 valence electrons. The molecule has 3 atom stereocenters. The van der Waals surface area contributed by atoms with E-state index in [0.717, 1.165) is 17.0 Å². The van der Waals surface area contributed by atoms with Gasteiger partial charge in [0.15, 0.2) is 0 Å². The van der Waals surface area contributed by atoms with Gasteiger partial charge in [0.05, 0.1) is 0 Å². The van der Waals surface area contributed by atoms with E-state index < -0.39 is 12.1 Å². The van der Waals surface area contributed by atoms with Gasteiger partial charge < -0.3 is 14.8 Å². The molecule has 3 aliphatic rings. The zero-order chi connectivity index (χ0) is 23.8. The van der Waals surface area contributed by atoms with Crippen LogP contribution < -0.4 is 10.9 Å². The fourth-order valence-corrected chi connectivity index (χ4v) is 5.44. The SMILES string of the molecule is O=C(CCC1NC(=O)N(CCc2cccc(F)c2)C1=O)N1C[C@H]2C[C@@H](C1)c1cccc(=O)n1C2. The molecule has 1 N–H and O–H groups in total. The Morgan fingerprint density at radius 1 is 1.06 bits per heavy atom. The lowest BCUT2D eigenvalue weighted by molar-refractivity contribution is -0.134. The summed E-state index contributed by atoms with van der Waals surface area (Å²) in [7, 11) is 0. The number of imide groups is 1. The number of aromatic nitrogens is 1. The number of urea groups is 1. The largest absolute Gasteiger partial charge is 0.342 e. The molecular formula is C25H27FN4O4. The van der Waals surface area contributed by atoms with Crippen molar-refractivity contribution in [2.45, 2.75) is 44.2 Å². The van der Waals surface area contributed by atoms with Crippen LogP contribution >= 0.6 is 0 Å². The molecule has 3 aliphatic heterocycles. The standard InChI is InChI=1S/C25H27FN4O4/c26-19-4-1-3-16(12-19)9-10-29-24(33)20(27-25(29)34)7-8-22(31)28-13-17-11-18(15-28)21-5-2-6-23(32)30(21)14-17/h1-6,12,17-18,20H,7-11,13-15H2,(H,27,34)/t17-,18+,20?/m1/s1. The molecule has 2 fully saturated rings. The number of amides is 4. The normalized spacial score (nSPS) is 23.6. The van der Waals surface area contributed by atoms with Gasteiger partial charge >= 0.3 is 6.03 Å². The van der Waals surface area contributed by atoms with E-state index in [1.54, 1.807) is 24.3 Å². The predicted molar refractivity (Wildman–Crippen MR) is 122 cm³/mol. The van der Waals surface area contributed by atoms with Crippen molar-refractivity contribution in [1.29, 1.82) is 0 Å². The number of hydrogen-bond acceptors (Lipinski definition) is 4. The number of piperidine rings is 1. The summed E-state index contributed by atoms with van der Waals surface area (Å²) in [6.07, 6.45) is 1.73. The average Bonchev–Trinajstić information content (AvgIpc) is 3.09. The molecule has 4 amide bonds. The Labute approximate surface area is 196 Å². The van der Waals surface area contributed by atoms with E-state index in [1.165, 1.54) is 12.1 Å². The van der Waals surface area contributed by atoms with Crippen LogP contribution in [0.5, 0.6) is 0 Å². The average molecular weight is 467 g/mol. The molecule has 9 heteroatoms. The van der Waals surface area contributed by atoms with Crippen LogP contribution in [0.25, 0.3) is 0 Å². The summed E-state index contributed by atoms with van der Waals surface area (Å²) in [5, 5.41) is 2.67. The number of benzene rings is 1. The van der Waals surface area contributed by atoms with E-state index >= 15 is 0 Å². The second-order valence-corrected chi connectivity index (χ2v) is 9.41. The van der Waals surface area contributed by atoms with Gasteiger partial charge in [0.1, 0.15) is 11.9 Å². The summed E-state index contributed by atoms with van der Waals surface area (Å²) < 4.78 is 15.2. The van der Waals surface area contributed by atoms with Gasteiger partial charge in [-0.15, -0.1) is 0 Å². The van der Waals surface area contributed by atoms with Crippen LogP contribution in [-0.2, 0) is 22.6 Å². The van der Waals surface area contributed by atoms with Crippen molar-refractivity contribution in [1.82, 2.24) is 19.7 Å². The minimum Gasteiger partial charge on any atom is -0.342 e. The van der Waals surface area contributed by atoms with Gasteiger partial charge in [-0.2, -0.15) is 0 Å². The topological polar surface area (TPSA) is 91.7 Å². The van der Waals surface area contributed by atoms with E-state index in [-0.39, 0.29) is 54.4 Å². The van der Waals surface area contributed by atoms with Crippen molar-refractivity contribution in [3.05, 3.63) is 69.9 Å². The number of halogens is 1. The molecule has 0 aliphatic carbocycles. The number of rotatable bonds is 6. The predicted octanol–water partition coefficient (Wildman–Crippen LogP) is 1.88. The van der Waals surface area contributed by atoms with E-state index in [9.17, 15) is 23.6 Å². The third-order valence-electron chi connectivity index (χ3n) is 7.10. The highest BCUT2D eigenvalue weighted by atomic mass is 19.1. The molecule has 0 spiro atoms. The van der Waals surface area contributed by atoms with Crippen molar-refractivity contribution in [2.75, 3.05) is 19.6 Å². The Morgan fingerprint density at radius 2 is 1.88 bits per heavy atom. The molecule has 5 rings (SSSR count). The first kappa shape index (κ1) is 22.3. The first-order chi connectivity index (χ1) is 16.4. The van der Waals surface area contributed by atoms with E-state index in [1.807, 2.05) is 15.5 Å². The second-order valence-electron chi connectivity index (χ2n) is 9.41. The lowest BCUT2D eigenvalue weighted by atomic mass is 9.83. The van der Waals surface area contributed by atoms with Gasteiger partial charge in [-0.1, -0.05) is 18.2 Å². The molecule has 1 unspecified atom stereocenters. The molecule has 0 saturated carbocycles. The number of carbonyl (C=O) groups excluding carboxylic acids is 3. The smallest absolute Gasteiger partial charge is 0.324 e. The van der Waals surface area contributed by atoms with Gasteiger partial charge in [0.25, 0.3) is 11.5 Å². The van der Waals surface area contributed by atoms with Crippen molar-refractivity contribution in [3.63, 3.8) is 0 Å². The van der Waals surface area contributed by atoms with Crippen LogP contribution in [0, 0.1) is 11.7 Å². The highest BCUT2D eigenvalue weighted by molar-refractivity contribution is 6.04. The number of pyridine rings is 1. The number of likely N-dealkylation sites (tertiary alicyclic amines) is 1.